The molecule has 2 N–H and O–H groups in total. The molecule has 2 amide bonds. The lowest BCUT2D eigenvalue weighted by Crippen LogP contribution is -2.41. The second kappa shape index (κ2) is 7.63. The number of hydrogen-bond donors (Lipinski definition) is 2. The fourth-order valence-electron chi connectivity index (χ4n) is 2.26. The molecule has 0 radical (unpaired) electrons. The number of rotatable bonds is 2. The van der Waals surface area contributed by atoms with Gasteiger partial charge in [0.25, 0.3) is 11.8 Å². The summed E-state index contributed by atoms with van der Waals surface area (Å²) in [5.41, 5.74) is 5.12. The third-order valence-electron chi connectivity index (χ3n) is 3.47. The van der Waals surface area contributed by atoms with Gasteiger partial charge >= 0.3 is 0 Å². The number of benzene rings is 2. The molecule has 0 bridgehead atoms. The van der Waals surface area contributed by atoms with Gasteiger partial charge in [-0.25, -0.2) is 0 Å². The lowest BCUT2D eigenvalue weighted by Gasteiger charge is -2.12. The highest BCUT2D eigenvalue weighted by Gasteiger charge is 2.19. The van der Waals surface area contributed by atoms with Gasteiger partial charge in [-0.15, -0.1) is 0 Å². The van der Waals surface area contributed by atoms with Crippen molar-refractivity contribution in [3.8, 4) is 11.5 Å². The van der Waals surface area contributed by atoms with Crippen LogP contribution in [-0.2, 0) is 0 Å². The Labute approximate surface area is 154 Å². The van der Waals surface area contributed by atoms with Crippen LogP contribution in [0.15, 0.2) is 36.4 Å². The molecule has 0 aliphatic carbocycles. The van der Waals surface area contributed by atoms with Crippen molar-refractivity contribution in [2.45, 2.75) is 6.42 Å². The Morgan fingerprint density at radius 3 is 2.44 bits per heavy atom. The van der Waals surface area contributed by atoms with Crippen LogP contribution >= 0.6 is 23.2 Å². The first kappa shape index (κ1) is 17.4. The smallest absolute Gasteiger partial charge is 0.271 e. The number of halogens is 2. The van der Waals surface area contributed by atoms with Crippen molar-refractivity contribution in [3.63, 3.8) is 0 Å². The summed E-state index contributed by atoms with van der Waals surface area (Å²) in [7, 11) is 0. The van der Waals surface area contributed by atoms with Gasteiger partial charge in [0.05, 0.1) is 28.8 Å². The molecule has 1 aliphatic heterocycles. The van der Waals surface area contributed by atoms with E-state index in [9.17, 15) is 9.59 Å². The van der Waals surface area contributed by atoms with Crippen LogP contribution in [0.25, 0.3) is 0 Å². The minimum absolute atomic E-state index is 0.230. The van der Waals surface area contributed by atoms with Crippen LogP contribution in [0.3, 0.4) is 0 Å². The molecule has 0 fully saturated rings. The Bertz CT molecular complexity index is 826. The van der Waals surface area contributed by atoms with E-state index in [0.29, 0.717) is 24.7 Å². The zero-order chi connectivity index (χ0) is 17.8. The van der Waals surface area contributed by atoms with Gasteiger partial charge in [-0.2, -0.15) is 0 Å². The van der Waals surface area contributed by atoms with Crippen LogP contribution in [0, 0.1) is 0 Å². The highest BCUT2D eigenvalue weighted by Crippen LogP contribution is 2.37. The van der Waals surface area contributed by atoms with Crippen LogP contribution in [0.1, 0.15) is 27.1 Å². The molecule has 1 heterocycles. The predicted molar refractivity (Wildman–Crippen MR) is 93.4 cm³/mol. The van der Waals surface area contributed by atoms with Crippen molar-refractivity contribution in [2.75, 3.05) is 13.2 Å². The third kappa shape index (κ3) is 3.97. The highest BCUT2D eigenvalue weighted by molar-refractivity contribution is 6.34. The summed E-state index contributed by atoms with van der Waals surface area (Å²) in [6, 6.07) is 9.48. The second-order valence-corrected chi connectivity index (χ2v) is 6.04. The maximum Gasteiger partial charge on any atom is 0.271 e. The van der Waals surface area contributed by atoms with Crippen molar-refractivity contribution in [1.29, 1.82) is 0 Å². The molecule has 130 valence electrons. The lowest BCUT2D eigenvalue weighted by molar-refractivity contribution is 0.0846. The summed E-state index contributed by atoms with van der Waals surface area (Å²) >= 11 is 12.1. The van der Waals surface area contributed by atoms with Crippen molar-refractivity contribution < 1.29 is 19.1 Å². The van der Waals surface area contributed by atoms with E-state index in [1.807, 2.05) is 0 Å². The van der Waals surface area contributed by atoms with E-state index < -0.39 is 11.8 Å². The average molecular weight is 381 g/mol. The Hall–Kier alpha value is -2.44. The summed E-state index contributed by atoms with van der Waals surface area (Å²) in [5, 5.41) is 0.551. The first-order valence-electron chi connectivity index (χ1n) is 7.50. The molecule has 3 rings (SSSR count). The summed E-state index contributed by atoms with van der Waals surface area (Å²) in [5.74, 6) is -0.263. The molecule has 0 spiro atoms. The fraction of sp³-hybridized carbons (Fsp3) is 0.176. The molecule has 6 nitrogen and oxygen atoms in total. The molecular weight excluding hydrogens is 367 g/mol. The molecule has 0 aromatic heterocycles. The van der Waals surface area contributed by atoms with Crippen molar-refractivity contribution >= 4 is 35.0 Å². The van der Waals surface area contributed by atoms with E-state index in [0.717, 1.165) is 6.42 Å². The largest absolute Gasteiger partial charge is 0.489 e. The zero-order valence-electron chi connectivity index (χ0n) is 13.0. The molecule has 0 unspecified atom stereocenters. The number of carbonyl (C=O) groups is 2. The topological polar surface area (TPSA) is 76.7 Å². The monoisotopic (exact) mass is 380 g/mol. The number of ether oxygens (including phenoxy) is 2. The zero-order valence-corrected chi connectivity index (χ0v) is 14.5. The van der Waals surface area contributed by atoms with Crippen LogP contribution in [0.5, 0.6) is 11.5 Å². The van der Waals surface area contributed by atoms with Crippen LogP contribution in [0.4, 0.5) is 0 Å². The van der Waals surface area contributed by atoms with E-state index in [1.54, 1.807) is 24.3 Å². The van der Waals surface area contributed by atoms with Gasteiger partial charge in [-0.05, 0) is 24.3 Å². The normalized spacial score (nSPS) is 12.9. The van der Waals surface area contributed by atoms with Gasteiger partial charge in [-0.3, -0.25) is 20.4 Å². The van der Waals surface area contributed by atoms with E-state index in [2.05, 4.69) is 10.9 Å². The predicted octanol–water partition coefficient (Wildman–Crippen LogP) is 3.23. The van der Waals surface area contributed by atoms with E-state index in [4.69, 9.17) is 32.7 Å². The van der Waals surface area contributed by atoms with Gasteiger partial charge in [-0.1, -0.05) is 35.3 Å². The molecular formula is C17H14Cl2N2O4. The van der Waals surface area contributed by atoms with E-state index in [-0.39, 0.29) is 21.2 Å². The summed E-state index contributed by atoms with van der Waals surface area (Å²) in [6.07, 6.45) is 0.723. The molecule has 0 saturated carbocycles. The number of amides is 2. The summed E-state index contributed by atoms with van der Waals surface area (Å²) < 4.78 is 11.0. The molecule has 0 atom stereocenters. The van der Waals surface area contributed by atoms with Gasteiger partial charge in [0.2, 0.25) is 0 Å². The van der Waals surface area contributed by atoms with Gasteiger partial charge in [0.1, 0.15) is 0 Å². The summed E-state index contributed by atoms with van der Waals surface area (Å²) in [4.78, 5) is 24.3. The average Bonchev–Trinajstić information content (AvgIpc) is 2.85. The minimum Gasteiger partial charge on any atom is -0.489 e. The van der Waals surface area contributed by atoms with Crippen LogP contribution < -0.4 is 20.3 Å². The molecule has 1 aliphatic rings. The van der Waals surface area contributed by atoms with Gasteiger partial charge < -0.3 is 9.47 Å². The van der Waals surface area contributed by atoms with Crippen molar-refractivity contribution in [1.82, 2.24) is 10.9 Å². The standard InChI is InChI=1S/C17H14Cl2N2O4/c18-12-5-2-1-4-11(12)17(23)21-20-16(22)10-8-13(19)15-14(9-10)24-6-3-7-25-15/h1-2,4-5,8-9H,3,6-7H2,(H,20,22)(H,21,23). The first-order chi connectivity index (χ1) is 12.1. The second-order valence-electron chi connectivity index (χ2n) is 5.22. The molecule has 25 heavy (non-hydrogen) atoms. The minimum atomic E-state index is -0.544. The Kier molecular flexibility index (Phi) is 5.31. The Morgan fingerprint density at radius 1 is 0.920 bits per heavy atom. The van der Waals surface area contributed by atoms with E-state index >= 15 is 0 Å². The summed E-state index contributed by atoms with van der Waals surface area (Å²) in [6.45, 7) is 0.962. The van der Waals surface area contributed by atoms with Gasteiger partial charge in [0.15, 0.2) is 11.5 Å². The van der Waals surface area contributed by atoms with Crippen LogP contribution in [-0.4, -0.2) is 25.0 Å². The van der Waals surface area contributed by atoms with Crippen molar-refractivity contribution in [3.05, 3.63) is 57.6 Å². The number of fused-ring (bicyclic) bond motifs is 1. The van der Waals surface area contributed by atoms with Gasteiger partial charge in [0, 0.05) is 12.0 Å². The quantitative estimate of drug-likeness (QED) is 0.784. The number of hydrazine groups is 1. The SMILES string of the molecule is O=C(NNC(=O)c1ccccc1Cl)c1cc(Cl)c2c(c1)OCCCO2. The number of carbonyl (C=O) groups excluding carboxylic acids is 2. The van der Waals surface area contributed by atoms with Crippen LogP contribution in [0.2, 0.25) is 10.0 Å². The highest BCUT2D eigenvalue weighted by atomic mass is 35.5. The molecule has 8 heteroatoms. The molecule has 2 aromatic carbocycles. The number of nitrogens with one attached hydrogen (secondary N) is 2. The maximum absolute atomic E-state index is 12.3. The maximum atomic E-state index is 12.3. The van der Waals surface area contributed by atoms with E-state index in [1.165, 1.54) is 12.1 Å². The third-order valence-corrected chi connectivity index (χ3v) is 4.08. The number of hydrogen-bond acceptors (Lipinski definition) is 4. The lowest BCUT2D eigenvalue weighted by atomic mass is 10.2. The Morgan fingerprint density at radius 2 is 1.64 bits per heavy atom. The first-order valence-corrected chi connectivity index (χ1v) is 8.26. The van der Waals surface area contributed by atoms with Crippen molar-refractivity contribution in [2.24, 2.45) is 0 Å². The Balaban J connectivity index is 1.71. The molecule has 0 saturated heterocycles. The molecule has 2 aromatic rings. The fourth-order valence-corrected chi connectivity index (χ4v) is 2.75.